The van der Waals surface area contributed by atoms with Gasteiger partial charge in [0.15, 0.2) is 5.96 Å². The predicted molar refractivity (Wildman–Crippen MR) is 64.3 cm³/mol. The highest BCUT2D eigenvalue weighted by molar-refractivity contribution is 5.84. The molecule has 0 aliphatic heterocycles. The van der Waals surface area contributed by atoms with E-state index in [0.29, 0.717) is 13.2 Å². The van der Waals surface area contributed by atoms with Gasteiger partial charge in [-0.25, -0.2) is 4.99 Å². The van der Waals surface area contributed by atoms with Crippen LogP contribution in [0, 0.1) is 0 Å². The predicted octanol–water partition coefficient (Wildman–Crippen LogP) is -0.548. The van der Waals surface area contributed by atoms with Crippen LogP contribution in [0.5, 0.6) is 0 Å². The highest BCUT2D eigenvalue weighted by atomic mass is 16.5. The first-order valence-electron chi connectivity index (χ1n) is 5.19. The minimum atomic E-state index is -0.245. The molecule has 0 atom stereocenters. The van der Waals surface area contributed by atoms with Gasteiger partial charge in [0.1, 0.15) is 6.54 Å². The molecule has 0 radical (unpaired) electrons. The summed E-state index contributed by atoms with van der Waals surface area (Å²) in [6, 6.07) is 0. The van der Waals surface area contributed by atoms with Gasteiger partial charge in [-0.15, -0.1) is 0 Å². The molecule has 0 fully saturated rings. The molecule has 94 valence electrons. The lowest BCUT2D eigenvalue weighted by Crippen LogP contribution is -2.42. The van der Waals surface area contributed by atoms with Gasteiger partial charge in [0.25, 0.3) is 0 Å². The van der Waals surface area contributed by atoms with Gasteiger partial charge in [-0.05, 0) is 20.8 Å². The van der Waals surface area contributed by atoms with Crippen LogP contribution in [-0.2, 0) is 9.53 Å². The molecule has 0 saturated carbocycles. The van der Waals surface area contributed by atoms with Crippen molar-refractivity contribution in [2.75, 3.05) is 26.8 Å². The molecule has 0 heterocycles. The minimum Gasteiger partial charge on any atom is -0.383 e. The van der Waals surface area contributed by atoms with Crippen LogP contribution in [0.2, 0.25) is 0 Å². The summed E-state index contributed by atoms with van der Waals surface area (Å²) in [6.45, 7) is 6.89. The number of methoxy groups -OCH3 is 1. The van der Waals surface area contributed by atoms with Crippen molar-refractivity contribution >= 4 is 11.9 Å². The number of nitrogens with zero attached hydrogens (tertiary/aromatic N) is 1. The van der Waals surface area contributed by atoms with Crippen molar-refractivity contribution in [3.05, 3.63) is 0 Å². The van der Waals surface area contributed by atoms with Gasteiger partial charge in [-0.1, -0.05) is 0 Å². The number of carbonyl (C=O) groups is 1. The van der Waals surface area contributed by atoms with Gasteiger partial charge in [0, 0.05) is 19.2 Å². The SMILES string of the molecule is COCCNC(N)=NCC(=O)NC(C)(C)C. The van der Waals surface area contributed by atoms with E-state index in [2.05, 4.69) is 15.6 Å². The lowest BCUT2D eigenvalue weighted by molar-refractivity contribution is -0.121. The first-order chi connectivity index (χ1) is 7.35. The van der Waals surface area contributed by atoms with E-state index in [-0.39, 0.29) is 24.0 Å². The second-order valence-corrected chi connectivity index (χ2v) is 4.42. The summed E-state index contributed by atoms with van der Waals surface area (Å²) >= 11 is 0. The zero-order valence-electron chi connectivity index (χ0n) is 10.5. The molecule has 0 unspecified atom stereocenters. The molecule has 0 bridgehead atoms. The number of rotatable bonds is 5. The molecule has 0 aliphatic carbocycles. The number of guanidine groups is 1. The van der Waals surface area contributed by atoms with E-state index in [4.69, 9.17) is 10.5 Å². The van der Waals surface area contributed by atoms with E-state index in [1.54, 1.807) is 7.11 Å². The minimum absolute atomic E-state index is 0.0308. The molecule has 16 heavy (non-hydrogen) atoms. The Labute approximate surface area is 96.6 Å². The number of carbonyl (C=O) groups excluding carboxylic acids is 1. The molecular weight excluding hydrogens is 208 g/mol. The molecule has 0 aromatic carbocycles. The van der Waals surface area contributed by atoms with Gasteiger partial charge in [-0.2, -0.15) is 0 Å². The second kappa shape index (κ2) is 7.05. The van der Waals surface area contributed by atoms with E-state index in [0.717, 1.165) is 0 Å². The zero-order chi connectivity index (χ0) is 12.6. The van der Waals surface area contributed by atoms with Crippen molar-refractivity contribution in [3.8, 4) is 0 Å². The van der Waals surface area contributed by atoms with E-state index >= 15 is 0 Å². The van der Waals surface area contributed by atoms with Crippen LogP contribution < -0.4 is 16.4 Å². The Bertz CT molecular complexity index is 246. The highest BCUT2D eigenvalue weighted by Crippen LogP contribution is 1.97. The van der Waals surface area contributed by atoms with Crippen LogP contribution in [-0.4, -0.2) is 44.2 Å². The van der Waals surface area contributed by atoms with Gasteiger partial charge in [0.05, 0.1) is 6.61 Å². The van der Waals surface area contributed by atoms with Gasteiger partial charge >= 0.3 is 0 Å². The summed E-state index contributed by atoms with van der Waals surface area (Å²) in [6.07, 6.45) is 0. The Hall–Kier alpha value is -1.30. The number of hydrogen-bond donors (Lipinski definition) is 3. The van der Waals surface area contributed by atoms with E-state index in [9.17, 15) is 4.79 Å². The first-order valence-corrected chi connectivity index (χ1v) is 5.19. The summed E-state index contributed by atoms with van der Waals surface area (Å²) in [5, 5.41) is 5.61. The third-order valence-corrected chi connectivity index (χ3v) is 1.52. The third kappa shape index (κ3) is 9.26. The molecule has 4 N–H and O–H groups in total. The number of amides is 1. The van der Waals surface area contributed by atoms with Gasteiger partial charge in [0.2, 0.25) is 5.91 Å². The fourth-order valence-corrected chi connectivity index (χ4v) is 0.952. The van der Waals surface area contributed by atoms with Crippen molar-refractivity contribution in [1.82, 2.24) is 10.6 Å². The van der Waals surface area contributed by atoms with Crippen molar-refractivity contribution in [2.24, 2.45) is 10.7 Å². The van der Waals surface area contributed by atoms with Crippen molar-refractivity contribution < 1.29 is 9.53 Å². The smallest absolute Gasteiger partial charge is 0.242 e. The normalized spacial score (nSPS) is 12.4. The van der Waals surface area contributed by atoms with Crippen LogP contribution >= 0.6 is 0 Å². The number of ether oxygens (including phenoxy) is 1. The van der Waals surface area contributed by atoms with Crippen LogP contribution in [0.3, 0.4) is 0 Å². The Morgan fingerprint density at radius 2 is 2.06 bits per heavy atom. The first kappa shape index (κ1) is 14.7. The molecule has 0 spiro atoms. The molecule has 0 aromatic heterocycles. The van der Waals surface area contributed by atoms with Gasteiger partial charge in [-0.3, -0.25) is 4.79 Å². The Morgan fingerprint density at radius 1 is 1.44 bits per heavy atom. The molecule has 0 rings (SSSR count). The fourth-order valence-electron chi connectivity index (χ4n) is 0.952. The number of aliphatic imine (C=N–C) groups is 1. The van der Waals surface area contributed by atoms with Crippen molar-refractivity contribution in [3.63, 3.8) is 0 Å². The van der Waals surface area contributed by atoms with E-state index < -0.39 is 0 Å². The summed E-state index contributed by atoms with van der Waals surface area (Å²) in [5.74, 6) is 0.102. The lowest BCUT2D eigenvalue weighted by atomic mass is 10.1. The lowest BCUT2D eigenvalue weighted by Gasteiger charge is -2.19. The topological polar surface area (TPSA) is 88.7 Å². The molecule has 1 amide bonds. The van der Waals surface area contributed by atoms with E-state index in [1.165, 1.54) is 0 Å². The standard InChI is InChI=1S/C10H22N4O2/c1-10(2,3)14-8(15)7-13-9(11)12-5-6-16-4/h5-7H2,1-4H3,(H,14,15)(H3,11,12,13). The Morgan fingerprint density at radius 3 is 2.56 bits per heavy atom. The number of nitrogens with two attached hydrogens (primary N) is 1. The van der Waals surface area contributed by atoms with Crippen LogP contribution in [0.25, 0.3) is 0 Å². The Balaban J connectivity index is 3.84. The third-order valence-electron chi connectivity index (χ3n) is 1.52. The average Bonchev–Trinajstić information content (AvgIpc) is 2.12. The quantitative estimate of drug-likeness (QED) is 0.336. The maximum atomic E-state index is 11.4. The average molecular weight is 230 g/mol. The van der Waals surface area contributed by atoms with Crippen LogP contribution in [0.1, 0.15) is 20.8 Å². The van der Waals surface area contributed by atoms with Crippen LogP contribution in [0.4, 0.5) is 0 Å². The fraction of sp³-hybridized carbons (Fsp3) is 0.800. The van der Waals surface area contributed by atoms with Gasteiger partial charge < -0.3 is 21.1 Å². The highest BCUT2D eigenvalue weighted by Gasteiger charge is 2.12. The molecule has 6 nitrogen and oxygen atoms in total. The molecular formula is C10H22N4O2. The number of nitrogens with one attached hydrogen (secondary N) is 2. The maximum absolute atomic E-state index is 11.4. The Kier molecular flexibility index (Phi) is 6.48. The van der Waals surface area contributed by atoms with Crippen LogP contribution in [0.15, 0.2) is 4.99 Å². The van der Waals surface area contributed by atoms with Crippen molar-refractivity contribution in [1.29, 1.82) is 0 Å². The van der Waals surface area contributed by atoms with Crippen molar-refractivity contribution in [2.45, 2.75) is 26.3 Å². The van der Waals surface area contributed by atoms with E-state index in [1.807, 2.05) is 20.8 Å². The summed E-state index contributed by atoms with van der Waals surface area (Å²) in [4.78, 5) is 15.3. The molecule has 6 heteroatoms. The monoisotopic (exact) mass is 230 g/mol. The summed E-state index contributed by atoms with van der Waals surface area (Å²) in [7, 11) is 1.60. The summed E-state index contributed by atoms with van der Waals surface area (Å²) < 4.78 is 4.83. The maximum Gasteiger partial charge on any atom is 0.242 e. The second-order valence-electron chi connectivity index (χ2n) is 4.42. The molecule has 0 aromatic rings. The summed E-state index contributed by atoms with van der Waals surface area (Å²) in [5.41, 5.74) is 5.28. The molecule has 0 aliphatic rings. The zero-order valence-corrected chi connectivity index (χ0v) is 10.5. The molecule has 0 saturated heterocycles. The number of hydrogen-bond acceptors (Lipinski definition) is 3. The largest absolute Gasteiger partial charge is 0.383 e.